The third-order valence-corrected chi connectivity index (χ3v) is 2.85. The van der Waals surface area contributed by atoms with Gasteiger partial charge in [-0.15, -0.1) is 5.10 Å². The fourth-order valence-corrected chi connectivity index (χ4v) is 1.83. The first-order valence-electron chi connectivity index (χ1n) is 5.99. The summed E-state index contributed by atoms with van der Waals surface area (Å²) in [7, 11) is 3.17. The molecule has 0 amide bonds. The lowest BCUT2D eigenvalue weighted by Crippen LogP contribution is -2.25. The molecule has 20 heavy (non-hydrogen) atoms. The number of nitrogen functional groups attached to an aromatic ring is 1. The van der Waals surface area contributed by atoms with Crippen molar-refractivity contribution in [2.45, 2.75) is 12.6 Å². The van der Waals surface area contributed by atoms with Gasteiger partial charge in [0, 0.05) is 25.5 Å². The summed E-state index contributed by atoms with van der Waals surface area (Å²) in [5.74, 6) is 0.0556. The van der Waals surface area contributed by atoms with Gasteiger partial charge in [-0.2, -0.15) is 0 Å². The maximum Gasteiger partial charge on any atom is 0.184 e. The van der Waals surface area contributed by atoms with E-state index in [1.54, 1.807) is 25.0 Å². The van der Waals surface area contributed by atoms with Crippen LogP contribution in [0.5, 0.6) is 0 Å². The van der Waals surface area contributed by atoms with Crippen molar-refractivity contribution in [3.8, 4) is 11.4 Å². The number of hydrogen-bond donors (Lipinski definition) is 1. The van der Waals surface area contributed by atoms with E-state index in [1.165, 1.54) is 12.1 Å². The molecule has 0 bridgehead atoms. The van der Waals surface area contributed by atoms with Gasteiger partial charge in [0.2, 0.25) is 0 Å². The normalized spacial score (nSPS) is 12.6. The number of hydrogen-bond acceptors (Lipinski definition) is 6. The lowest BCUT2D eigenvalue weighted by molar-refractivity contribution is 0.0163. The molecule has 0 aliphatic heterocycles. The van der Waals surface area contributed by atoms with Gasteiger partial charge in [-0.05, 0) is 28.6 Å². The Balaban J connectivity index is 2.28. The summed E-state index contributed by atoms with van der Waals surface area (Å²) in [4.78, 5) is 0. The molecule has 1 aromatic carbocycles. The van der Waals surface area contributed by atoms with Crippen LogP contribution in [0, 0.1) is 5.82 Å². The van der Waals surface area contributed by atoms with Gasteiger partial charge < -0.3 is 15.2 Å². The van der Waals surface area contributed by atoms with Crippen molar-refractivity contribution >= 4 is 5.69 Å². The highest BCUT2D eigenvalue weighted by molar-refractivity contribution is 5.71. The summed E-state index contributed by atoms with van der Waals surface area (Å²) in [5.41, 5.74) is 6.65. The average Bonchev–Trinajstić information content (AvgIpc) is 2.86. The van der Waals surface area contributed by atoms with Crippen LogP contribution < -0.4 is 5.73 Å². The summed E-state index contributed by atoms with van der Waals surface area (Å²) >= 11 is 0. The molecule has 7 nitrogen and oxygen atoms in total. The second kappa shape index (κ2) is 6.40. The van der Waals surface area contributed by atoms with Crippen LogP contribution in [0.3, 0.4) is 0 Å². The van der Waals surface area contributed by atoms with E-state index in [9.17, 15) is 4.39 Å². The second-order valence-electron chi connectivity index (χ2n) is 4.23. The van der Waals surface area contributed by atoms with Crippen LogP contribution >= 0.6 is 0 Å². The van der Waals surface area contributed by atoms with Crippen LogP contribution in [-0.4, -0.2) is 47.1 Å². The molecule has 2 N–H and O–H groups in total. The summed E-state index contributed by atoms with van der Waals surface area (Å²) in [6, 6.07) is 4.09. The van der Waals surface area contributed by atoms with Gasteiger partial charge in [-0.25, -0.2) is 9.07 Å². The van der Waals surface area contributed by atoms with Gasteiger partial charge in [0.05, 0.1) is 13.2 Å². The minimum atomic E-state index is -0.403. The van der Waals surface area contributed by atoms with Gasteiger partial charge in [0.25, 0.3) is 0 Å². The summed E-state index contributed by atoms with van der Waals surface area (Å²) in [6.07, 6.45) is -0.191. The third-order valence-electron chi connectivity index (χ3n) is 2.85. The third kappa shape index (κ3) is 3.09. The van der Waals surface area contributed by atoms with Crippen molar-refractivity contribution in [3.05, 3.63) is 24.0 Å². The van der Waals surface area contributed by atoms with E-state index in [0.717, 1.165) is 0 Å². The fraction of sp³-hybridized carbons (Fsp3) is 0.417. The van der Waals surface area contributed by atoms with Gasteiger partial charge in [-0.3, -0.25) is 0 Å². The molecule has 2 aromatic rings. The summed E-state index contributed by atoms with van der Waals surface area (Å²) < 4.78 is 25.0. The smallest absolute Gasteiger partial charge is 0.184 e. The van der Waals surface area contributed by atoms with Crippen molar-refractivity contribution in [3.63, 3.8) is 0 Å². The minimum Gasteiger partial charge on any atom is -0.398 e. The number of ether oxygens (including phenoxy) is 2. The van der Waals surface area contributed by atoms with E-state index < -0.39 is 5.82 Å². The van der Waals surface area contributed by atoms with Gasteiger partial charge in [0.1, 0.15) is 11.9 Å². The molecule has 0 fully saturated rings. The zero-order valence-corrected chi connectivity index (χ0v) is 11.3. The highest BCUT2D eigenvalue weighted by atomic mass is 19.1. The Kier molecular flexibility index (Phi) is 4.59. The fourth-order valence-electron chi connectivity index (χ4n) is 1.83. The average molecular weight is 281 g/mol. The van der Waals surface area contributed by atoms with Gasteiger partial charge in [-0.1, -0.05) is 0 Å². The Morgan fingerprint density at radius 2 is 2.20 bits per heavy atom. The molecule has 1 unspecified atom stereocenters. The van der Waals surface area contributed by atoms with E-state index in [-0.39, 0.29) is 11.8 Å². The second-order valence-corrected chi connectivity index (χ2v) is 4.23. The van der Waals surface area contributed by atoms with Crippen LogP contribution in [0.2, 0.25) is 0 Å². The van der Waals surface area contributed by atoms with Crippen LogP contribution in [0.15, 0.2) is 18.2 Å². The van der Waals surface area contributed by atoms with Crippen molar-refractivity contribution in [1.82, 2.24) is 20.2 Å². The first kappa shape index (κ1) is 14.4. The number of tetrazole rings is 1. The van der Waals surface area contributed by atoms with Crippen molar-refractivity contribution in [2.75, 3.05) is 26.6 Å². The first-order valence-corrected chi connectivity index (χ1v) is 5.99. The predicted octanol–water partition coefficient (Wildman–Crippen LogP) is 0.723. The molecule has 0 spiro atoms. The van der Waals surface area contributed by atoms with Crippen LogP contribution in [0.25, 0.3) is 11.4 Å². The lowest BCUT2D eigenvalue weighted by atomic mass is 10.1. The number of nitrogens with zero attached hydrogens (tertiary/aromatic N) is 4. The van der Waals surface area contributed by atoms with E-state index in [0.29, 0.717) is 24.5 Å². The zero-order chi connectivity index (χ0) is 14.5. The molecule has 1 atom stereocenters. The van der Waals surface area contributed by atoms with E-state index in [1.807, 2.05) is 0 Å². The van der Waals surface area contributed by atoms with Crippen LogP contribution in [-0.2, 0) is 16.0 Å². The quantitative estimate of drug-likeness (QED) is 0.785. The van der Waals surface area contributed by atoms with E-state index in [2.05, 4.69) is 15.5 Å². The number of aromatic nitrogens is 4. The Bertz CT molecular complexity index is 575. The highest BCUT2D eigenvalue weighted by Gasteiger charge is 2.16. The van der Waals surface area contributed by atoms with E-state index >= 15 is 0 Å². The van der Waals surface area contributed by atoms with Crippen LogP contribution in [0.1, 0.15) is 0 Å². The standard InChI is InChI=1S/C12H16FN5O2/c1-19-7-9(20-2)6-18-12(15-16-17-18)10-4-3-8(13)5-11(10)14/h3-5,9H,6-7,14H2,1-2H3. The molecule has 8 heteroatoms. The SMILES string of the molecule is COCC(Cn1nnnc1-c1ccc(F)cc1N)OC. The van der Waals surface area contributed by atoms with Crippen molar-refractivity contribution < 1.29 is 13.9 Å². The van der Waals surface area contributed by atoms with Gasteiger partial charge in [0.15, 0.2) is 5.82 Å². The molecular weight excluding hydrogens is 265 g/mol. The Labute approximate surface area is 115 Å². The maximum atomic E-state index is 13.1. The maximum absolute atomic E-state index is 13.1. The Hall–Kier alpha value is -2.06. The van der Waals surface area contributed by atoms with E-state index in [4.69, 9.17) is 15.2 Å². The van der Waals surface area contributed by atoms with Crippen molar-refractivity contribution in [1.29, 1.82) is 0 Å². The molecule has 0 saturated heterocycles. The Morgan fingerprint density at radius 3 is 2.85 bits per heavy atom. The highest BCUT2D eigenvalue weighted by Crippen LogP contribution is 2.24. The number of halogens is 1. The molecule has 0 radical (unpaired) electrons. The molecule has 1 aromatic heterocycles. The predicted molar refractivity (Wildman–Crippen MR) is 70.3 cm³/mol. The monoisotopic (exact) mass is 281 g/mol. The number of methoxy groups -OCH3 is 2. The molecule has 0 aliphatic rings. The first-order chi connectivity index (χ1) is 9.65. The molecule has 108 valence electrons. The largest absolute Gasteiger partial charge is 0.398 e. The lowest BCUT2D eigenvalue weighted by Gasteiger charge is -2.15. The molecular formula is C12H16FN5O2. The molecule has 1 heterocycles. The van der Waals surface area contributed by atoms with Gasteiger partial charge >= 0.3 is 0 Å². The summed E-state index contributed by atoms with van der Waals surface area (Å²) in [6.45, 7) is 0.818. The number of benzene rings is 1. The molecule has 0 saturated carbocycles. The molecule has 0 aliphatic carbocycles. The Morgan fingerprint density at radius 1 is 1.40 bits per heavy atom. The molecule has 2 rings (SSSR count). The topological polar surface area (TPSA) is 88.1 Å². The zero-order valence-electron chi connectivity index (χ0n) is 11.3. The number of rotatable bonds is 6. The summed E-state index contributed by atoms with van der Waals surface area (Å²) in [5, 5.41) is 11.5. The van der Waals surface area contributed by atoms with Crippen molar-refractivity contribution in [2.24, 2.45) is 0 Å². The van der Waals surface area contributed by atoms with Crippen LogP contribution in [0.4, 0.5) is 10.1 Å². The number of anilines is 1. The minimum absolute atomic E-state index is 0.191. The number of nitrogens with two attached hydrogens (primary N) is 1.